The van der Waals surface area contributed by atoms with Crippen molar-refractivity contribution >= 4 is 11.9 Å². The summed E-state index contributed by atoms with van der Waals surface area (Å²) in [5, 5.41) is 9.90. The summed E-state index contributed by atoms with van der Waals surface area (Å²) in [5.74, 6) is 0.656. The third-order valence-electron chi connectivity index (χ3n) is 4.17. The second kappa shape index (κ2) is 5.81. The standard InChI is InChI=1S/C15H22N4O3/c1-15(2,21)13(20)19-9-11-8-18(6-7-22-12(11)10-19)14-16-4-3-5-17-14/h3-5,11-12,21H,6-10H2,1-2H3/t11-,12+/m0/s1. The molecule has 120 valence electrons. The minimum absolute atomic E-state index is 0.0139. The van der Waals surface area contributed by atoms with Gasteiger partial charge in [0.1, 0.15) is 5.60 Å². The number of ether oxygens (including phenoxy) is 1. The van der Waals surface area contributed by atoms with E-state index in [2.05, 4.69) is 14.9 Å². The van der Waals surface area contributed by atoms with Gasteiger partial charge in [-0.15, -0.1) is 0 Å². The summed E-state index contributed by atoms with van der Waals surface area (Å²) in [4.78, 5) is 24.6. The number of aromatic nitrogens is 2. The molecule has 1 N–H and O–H groups in total. The number of hydrogen-bond acceptors (Lipinski definition) is 6. The van der Waals surface area contributed by atoms with Crippen LogP contribution in [0.5, 0.6) is 0 Å². The van der Waals surface area contributed by atoms with E-state index < -0.39 is 5.60 Å². The Kier molecular flexibility index (Phi) is 4.01. The largest absolute Gasteiger partial charge is 0.381 e. The third-order valence-corrected chi connectivity index (χ3v) is 4.17. The molecule has 3 rings (SSSR count). The first kappa shape index (κ1) is 15.2. The molecule has 3 heterocycles. The Balaban J connectivity index is 1.71. The van der Waals surface area contributed by atoms with Crippen LogP contribution >= 0.6 is 0 Å². The monoisotopic (exact) mass is 306 g/mol. The van der Waals surface area contributed by atoms with Gasteiger partial charge < -0.3 is 19.6 Å². The molecule has 0 saturated carbocycles. The van der Waals surface area contributed by atoms with Gasteiger partial charge in [0, 0.05) is 44.5 Å². The predicted molar refractivity (Wildman–Crippen MR) is 80.4 cm³/mol. The summed E-state index contributed by atoms with van der Waals surface area (Å²) >= 11 is 0. The Morgan fingerprint density at radius 3 is 2.73 bits per heavy atom. The van der Waals surface area contributed by atoms with Crippen molar-refractivity contribution in [1.82, 2.24) is 14.9 Å². The van der Waals surface area contributed by atoms with Crippen molar-refractivity contribution in [2.45, 2.75) is 25.6 Å². The van der Waals surface area contributed by atoms with Gasteiger partial charge in [0.25, 0.3) is 5.91 Å². The van der Waals surface area contributed by atoms with Crippen LogP contribution in [0.2, 0.25) is 0 Å². The van der Waals surface area contributed by atoms with Crippen molar-refractivity contribution in [2.75, 3.05) is 37.7 Å². The number of rotatable bonds is 2. The van der Waals surface area contributed by atoms with E-state index in [9.17, 15) is 9.90 Å². The molecule has 2 atom stereocenters. The maximum atomic E-state index is 12.2. The molecular weight excluding hydrogens is 284 g/mol. The summed E-state index contributed by atoms with van der Waals surface area (Å²) < 4.78 is 5.90. The molecule has 1 aromatic heterocycles. The van der Waals surface area contributed by atoms with Crippen molar-refractivity contribution < 1.29 is 14.6 Å². The second-order valence-corrected chi connectivity index (χ2v) is 6.43. The average molecular weight is 306 g/mol. The van der Waals surface area contributed by atoms with Gasteiger partial charge in [0.05, 0.1) is 12.7 Å². The third kappa shape index (κ3) is 3.05. The zero-order chi connectivity index (χ0) is 15.7. The lowest BCUT2D eigenvalue weighted by Gasteiger charge is -2.26. The summed E-state index contributed by atoms with van der Waals surface area (Å²) in [6, 6.07) is 1.79. The first-order valence-corrected chi connectivity index (χ1v) is 7.60. The number of amides is 1. The fourth-order valence-electron chi connectivity index (χ4n) is 3.08. The topological polar surface area (TPSA) is 78.8 Å². The molecule has 7 heteroatoms. The Morgan fingerprint density at radius 1 is 1.32 bits per heavy atom. The molecule has 1 amide bonds. The van der Waals surface area contributed by atoms with Crippen molar-refractivity contribution in [3.05, 3.63) is 18.5 Å². The summed E-state index contributed by atoms with van der Waals surface area (Å²) in [6.07, 6.45) is 3.47. The minimum Gasteiger partial charge on any atom is -0.381 e. The van der Waals surface area contributed by atoms with Gasteiger partial charge in [-0.3, -0.25) is 4.79 Å². The second-order valence-electron chi connectivity index (χ2n) is 6.43. The van der Waals surface area contributed by atoms with Crippen LogP contribution in [0.4, 0.5) is 5.95 Å². The molecule has 0 radical (unpaired) electrons. The number of likely N-dealkylation sites (tertiary alicyclic amines) is 1. The number of carbonyl (C=O) groups is 1. The molecule has 2 aliphatic heterocycles. The first-order valence-electron chi connectivity index (χ1n) is 7.60. The molecule has 0 unspecified atom stereocenters. The van der Waals surface area contributed by atoms with E-state index in [1.54, 1.807) is 23.4 Å². The van der Waals surface area contributed by atoms with Crippen LogP contribution in [0.3, 0.4) is 0 Å². The molecule has 2 aliphatic rings. The molecule has 22 heavy (non-hydrogen) atoms. The highest BCUT2D eigenvalue weighted by Gasteiger charge is 2.42. The van der Waals surface area contributed by atoms with Crippen molar-refractivity contribution in [2.24, 2.45) is 5.92 Å². The Hall–Kier alpha value is -1.73. The molecular formula is C15H22N4O3. The molecule has 0 bridgehead atoms. The number of anilines is 1. The van der Waals surface area contributed by atoms with Gasteiger partial charge in [0.15, 0.2) is 0 Å². The smallest absolute Gasteiger partial charge is 0.254 e. The molecule has 2 saturated heterocycles. The van der Waals surface area contributed by atoms with Crippen molar-refractivity contribution in [3.63, 3.8) is 0 Å². The number of aliphatic hydroxyl groups is 1. The first-order chi connectivity index (χ1) is 10.4. The molecule has 1 aromatic rings. The van der Waals surface area contributed by atoms with Gasteiger partial charge in [-0.1, -0.05) is 0 Å². The van der Waals surface area contributed by atoms with Gasteiger partial charge in [-0.25, -0.2) is 9.97 Å². The molecule has 0 spiro atoms. The zero-order valence-corrected chi connectivity index (χ0v) is 13.0. The zero-order valence-electron chi connectivity index (χ0n) is 13.0. The van der Waals surface area contributed by atoms with E-state index in [0.29, 0.717) is 25.6 Å². The fourth-order valence-corrected chi connectivity index (χ4v) is 3.08. The maximum absolute atomic E-state index is 12.2. The molecule has 0 aliphatic carbocycles. The minimum atomic E-state index is -1.34. The number of hydrogen-bond donors (Lipinski definition) is 1. The van der Waals surface area contributed by atoms with Crippen LogP contribution in [0.1, 0.15) is 13.8 Å². The maximum Gasteiger partial charge on any atom is 0.254 e. The van der Waals surface area contributed by atoms with Crippen LogP contribution in [-0.4, -0.2) is 70.4 Å². The van der Waals surface area contributed by atoms with Gasteiger partial charge in [-0.2, -0.15) is 0 Å². The quantitative estimate of drug-likeness (QED) is 0.823. The Bertz CT molecular complexity index is 531. The van der Waals surface area contributed by atoms with Crippen LogP contribution in [-0.2, 0) is 9.53 Å². The summed E-state index contributed by atoms with van der Waals surface area (Å²) in [5.41, 5.74) is -1.34. The number of fused-ring (bicyclic) bond motifs is 1. The Morgan fingerprint density at radius 2 is 2.05 bits per heavy atom. The summed E-state index contributed by atoms with van der Waals surface area (Å²) in [6.45, 7) is 6.27. The van der Waals surface area contributed by atoms with E-state index in [4.69, 9.17) is 4.74 Å². The number of carbonyl (C=O) groups excluding carboxylic acids is 1. The van der Waals surface area contributed by atoms with Gasteiger partial charge in [-0.05, 0) is 19.9 Å². The highest BCUT2D eigenvalue weighted by molar-refractivity contribution is 5.84. The van der Waals surface area contributed by atoms with E-state index >= 15 is 0 Å². The van der Waals surface area contributed by atoms with Gasteiger partial charge in [0.2, 0.25) is 5.95 Å². The highest BCUT2D eigenvalue weighted by atomic mass is 16.5. The summed E-state index contributed by atoms with van der Waals surface area (Å²) in [7, 11) is 0. The molecule has 2 fully saturated rings. The van der Waals surface area contributed by atoms with E-state index in [-0.39, 0.29) is 17.9 Å². The van der Waals surface area contributed by atoms with E-state index in [1.807, 2.05) is 0 Å². The van der Waals surface area contributed by atoms with Crippen molar-refractivity contribution in [1.29, 1.82) is 0 Å². The lowest BCUT2D eigenvalue weighted by atomic mass is 10.1. The number of nitrogens with zero attached hydrogens (tertiary/aromatic N) is 4. The van der Waals surface area contributed by atoms with Gasteiger partial charge >= 0.3 is 0 Å². The normalized spacial score (nSPS) is 25.8. The molecule has 0 aromatic carbocycles. The average Bonchev–Trinajstić information content (AvgIpc) is 2.78. The predicted octanol–water partition coefficient (Wildman–Crippen LogP) is -0.0889. The van der Waals surface area contributed by atoms with E-state index in [0.717, 1.165) is 13.1 Å². The van der Waals surface area contributed by atoms with Crippen LogP contribution < -0.4 is 4.90 Å². The molecule has 7 nitrogen and oxygen atoms in total. The van der Waals surface area contributed by atoms with Crippen molar-refractivity contribution in [3.8, 4) is 0 Å². The lowest BCUT2D eigenvalue weighted by Crippen LogP contribution is -2.45. The van der Waals surface area contributed by atoms with Crippen LogP contribution in [0, 0.1) is 5.92 Å². The van der Waals surface area contributed by atoms with Crippen LogP contribution in [0.25, 0.3) is 0 Å². The van der Waals surface area contributed by atoms with Crippen LogP contribution in [0.15, 0.2) is 18.5 Å². The lowest BCUT2D eigenvalue weighted by molar-refractivity contribution is -0.147. The van der Waals surface area contributed by atoms with E-state index in [1.165, 1.54) is 13.8 Å². The SMILES string of the molecule is CC(C)(O)C(=O)N1C[C@@H]2CN(c3ncccn3)CCO[C@@H]2C1. The Labute approximate surface area is 129 Å². The highest BCUT2D eigenvalue weighted by Crippen LogP contribution is 2.26. The fraction of sp³-hybridized carbons (Fsp3) is 0.667.